The average molecular weight is 313 g/mol. The zero-order valence-electron chi connectivity index (χ0n) is 13.1. The number of benzene rings is 1. The summed E-state index contributed by atoms with van der Waals surface area (Å²) < 4.78 is 26.3. The van der Waals surface area contributed by atoms with Gasteiger partial charge >= 0.3 is 10.2 Å². The number of carbonyl (C=O) groups excluding carboxylic acids is 1. The van der Waals surface area contributed by atoms with Crippen molar-refractivity contribution in [2.75, 3.05) is 25.4 Å². The van der Waals surface area contributed by atoms with Crippen molar-refractivity contribution in [3.05, 3.63) is 29.8 Å². The molecule has 0 saturated heterocycles. The summed E-state index contributed by atoms with van der Waals surface area (Å²) in [5, 5.41) is 2.86. The molecule has 0 aliphatic heterocycles. The Morgan fingerprint density at radius 2 is 1.71 bits per heavy atom. The van der Waals surface area contributed by atoms with Crippen LogP contribution in [0.1, 0.15) is 30.6 Å². The van der Waals surface area contributed by atoms with Crippen molar-refractivity contribution in [1.29, 1.82) is 0 Å². The number of amides is 1. The van der Waals surface area contributed by atoms with E-state index in [0.717, 1.165) is 10.7 Å². The van der Waals surface area contributed by atoms with Crippen molar-refractivity contribution >= 4 is 21.8 Å². The monoisotopic (exact) mass is 313 g/mol. The van der Waals surface area contributed by atoms with E-state index in [1.807, 2.05) is 13.8 Å². The maximum Gasteiger partial charge on any atom is 0.303 e. The number of carbonyl (C=O) groups is 1. The van der Waals surface area contributed by atoms with Crippen LogP contribution in [0.15, 0.2) is 24.3 Å². The summed E-state index contributed by atoms with van der Waals surface area (Å²) >= 11 is 0. The first-order valence-electron chi connectivity index (χ1n) is 6.77. The fourth-order valence-corrected chi connectivity index (χ4v) is 2.49. The molecule has 118 valence electrons. The summed E-state index contributed by atoms with van der Waals surface area (Å²) in [4.78, 5) is 11.9. The quantitative estimate of drug-likeness (QED) is 0.864. The SMILES string of the molecule is CCC(C)NC(=O)c1ccc(N(C)S(=O)(=O)N(C)C)cc1. The molecule has 0 radical (unpaired) electrons. The van der Waals surface area contributed by atoms with Gasteiger partial charge in [0, 0.05) is 32.7 Å². The lowest BCUT2D eigenvalue weighted by Crippen LogP contribution is -2.37. The number of rotatable bonds is 6. The van der Waals surface area contributed by atoms with Gasteiger partial charge in [-0.3, -0.25) is 9.10 Å². The van der Waals surface area contributed by atoms with Crippen molar-refractivity contribution in [2.24, 2.45) is 0 Å². The number of nitrogens with one attached hydrogen (secondary N) is 1. The minimum absolute atomic E-state index is 0.106. The average Bonchev–Trinajstić information content (AvgIpc) is 2.46. The van der Waals surface area contributed by atoms with E-state index in [1.165, 1.54) is 25.4 Å². The lowest BCUT2D eigenvalue weighted by molar-refractivity contribution is 0.0939. The van der Waals surface area contributed by atoms with Crippen molar-refractivity contribution < 1.29 is 13.2 Å². The maximum atomic E-state index is 12.0. The van der Waals surface area contributed by atoms with Crippen molar-refractivity contribution in [3.63, 3.8) is 0 Å². The highest BCUT2D eigenvalue weighted by Gasteiger charge is 2.21. The predicted octanol–water partition coefficient (Wildman–Crippen LogP) is 1.46. The van der Waals surface area contributed by atoms with E-state index >= 15 is 0 Å². The Bertz CT molecular complexity index is 582. The molecule has 1 N–H and O–H groups in total. The van der Waals surface area contributed by atoms with Gasteiger partial charge in [0.2, 0.25) is 0 Å². The van der Waals surface area contributed by atoms with Crippen molar-refractivity contribution in [1.82, 2.24) is 9.62 Å². The Hall–Kier alpha value is -1.60. The molecule has 1 atom stereocenters. The minimum Gasteiger partial charge on any atom is -0.350 e. The maximum absolute atomic E-state index is 12.0. The molecule has 0 fully saturated rings. The van der Waals surface area contributed by atoms with E-state index in [4.69, 9.17) is 0 Å². The molecule has 1 unspecified atom stereocenters. The van der Waals surface area contributed by atoms with Gasteiger partial charge in [0.1, 0.15) is 0 Å². The zero-order valence-corrected chi connectivity index (χ0v) is 13.9. The van der Waals surface area contributed by atoms with Crippen LogP contribution in [0.4, 0.5) is 5.69 Å². The van der Waals surface area contributed by atoms with Gasteiger partial charge in [-0.15, -0.1) is 0 Å². The standard InChI is InChI=1S/C14H23N3O3S/c1-6-11(2)15-14(18)12-7-9-13(10-8-12)17(5)21(19,20)16(3)4/h7-11H,6H2,1-5H3,(H,15,18). The molecule has 6 nitrogen and oxygen atoms in total. The second-order valence-electron chi connectivity index (χ2n) is 5.09. The Labute approximate surface area is 126 Å². The molecule has 21 heavy (non-hydrogen) atoms. The summed E-state index contributed by atoms with van der Waals surface area (Å²) in [5.41, 5.74) is 1.01. The van der Waals surface area contributed by atoms with Crippen LogP contribution in [0, 0.1) is 0 Å². The molecular weight excluding hydrogens is 290 g/mol. The van der Waals surface area contributed by atoms with Crippen LogP contribution in [-0.4, -0.2) is 45.8 Å². The van der Waals surface area contributed by atoms with Gasteiger partial charge in [0.15, 0.2) is 0 Å². The molecule has 7 heteroatoms. The van der Waals surface area contributed by atoms with Gasteiger partial charge in [-0.05, 0) is 37.6 Å². The lowest BCUT2D eigenvalue weighted by Gasteiger charge is -2.23. The number of anilines is 1. The third-order valence-electron chi connectivity index (χ3n) is 3.29. The third-order valence-corrected chi connectivity index (χ3v) is 5.12. The highest BCUT2D eigenvalue weighted by molar-refractivity contribution is 7.90. The fourth-order valence-electron chi connectivity index (χ4n) is 1.61. The fraction of sp³-hybridized carbons (Fsp3) is 0.500. The number of nitrogens with zero attached hydrogens (tertiary/aromatic N) is 2. The van der Waals surface area contributed by atoms with E-state index in [2.05, 4.69) is 5.32 Å². The highest BCUT2D eigenvalue weighted by Crippen LogP contribution is 2.18. The summed E-state index contributed by atoms with van der Waals surface area (Å²) in [6.07, 6.45) is 0.855. The molecule has 0 heterocycles. The Kier molecular flexibility index (Phi) is 5.74. The molecule has 1 aromatic carbocycles. The first-order valence-corrected chi connectivity index (χ1v) is 8.17. The van der Waals surface area contributed by atoms with Crippen LogP contribution in [0.3, 0.4) is 0 Å². The van der Waals surface area contributed by atoms with E-state index in [-0.39, 0.29) is 11.9 Å². The third kappa shape index (κ3) is 4.18. The topological polar surface area (TPSA) is 69.7 Å². The van der Waals surface area contributed by atoms with Gasteiger partial charge in [-0.2, -0.15) is 12.7 Å². The van der Waals surface area contributed by atoms with Crippen LogP contribution in [-0.2, 0) is 10.2 Å². The van der Waals surface area contributed by atoms with Gasteiger partial charge in [-0.1, -0.05) is 6.92 Å². The Morgan fingerprint density at radius 3 is 2.14 bits per heavy atom. The molecule has 1 rings (SSSR count). The van der Waals surface area contributed by atoms with Crippen molar-refractivity contribution in [2.45, 2.75) is 26.3 Å². The van der Waals surface area contributed by atoms with E-state index in [9.17, 15) is 13.2 Å². The van der Waals surface area contributed by atoms with E-state index in [0.29, 0.717) is 11.3 Å². The normalized spacial score (nSPS) is 13.0. The second kappa shape index (κ2) is 6.91. The minimum atomic E-state index is -3.52. The van der Waals surface area contributed by atoms with Gasteiger partial charge in [-0.25, -0.2) is 0 Å². The smallest absolute Gasteiger partial charge is 0.303 e. The van der Waals surface area contributed by atoms with Crippen LogP contribution >= 0.6 is 0 Å². The van der Waals surface area contributed by atoms with Crippen LogP contribution < -0.4 is 9.62 Å². The van der Waals surface area contributed by atoms with Crippen LogP contribution in [0.2, 0.25) is 0 Å². The molecule has 0 aliphatic rings. The van der Waals surface area contributed by atoms with Crippen LogP contribution in [0.25, 0.3) is 0 Å². The summed E-state index contributed by atoms with van der Waals surface area (Å²) in [6, 6.07) is 6.58. The first-order chi connectivity index (χ1) is 9.70. The van der Waals surface area contributed by atoms with E-state index < -0.39 is 10.2 Å². The zero-order chi connectivity index (χ0) is 16.2. The summed E-state index contributed by atoms with van der Waals surface area (Å²) in [6.45, 7) is 3.93. The highest BCUT2D eigenvalue weighted by atomic mass is 32.2. The molecule has 1 aromatic rings. The summed E-state index contributed by atoms with van der Waals surface area (Å²) in [5.74, 6) is -0.158. The second-order valence-corrected chi connectivity index (χ2v) is 7.26. The Morgan fingerprint density at radius 1 is 1.19 bits per heavy atom. The number of hydrogen-bond acceptors (Lipinski definition) is 3. The number of hydrogen-bond donors (Lipinski definition) is 1. The van der Waals surface area contributed by atoms with E-state index in [1.54, 1.807) is 24.3 Å². The van der Waals surface area contributed by atoms with Gasteiger partial charge in [0.05, 0.1) is 5.69 Å². The van der Waals surface area contributed by atoms with Crippen LogP contribution in [0.5, 0.6) is 0 Å². The Balaban J connectivity index is 2.91. The molecule has 0 aliphatic carbocycles. The molecule has 0 bridgehead atoms. The molecule has 0 aromatic heterocycles. The largest absolute Gasteiger partial charge is 0.350 e. The van der Waals surface area contributed by atoms with Crippen molar-refractivity contribution in [3.8, 4) is 0 Å². The lowest BCUT2D eigenvalue weighted by atomic mass is 10.1. The molecule has 1 amide bonds. The molecular formula is C14H23N3O3S. The van der Waals surface area contributed by atoms with Gasteiger partial charge in [0.25, 0.3) is 5.91 Å². The summed E-state index contributed by atoms with van der Waals surface area (Å²) in [7, 11) is 0.900. The predicted molar refractivity (Wildman–Crippen MR) is 84.7 cm³/mol. The van der Waals surface area contributed by atoms with Gasteiger partial charge < -0.3 is 5.32 Å². The molecule has 0 saturated carbocycles. The first kappa shape index (κ1) is 17.5. The molecule has 0 spiro atoms.